The van der Waals surface area contributed by atoms with E-state index in [1.165, 1.54) is 0 Å². The zero-order valence-corrected chi connectivity index (χ0v) is 18.5. The molecule has 0 aromatic heterocycles. The van der Waals surface area contributed by atoms with Crippen molar-refractivity contribution in [2.75, 3.05) is 19.8 Å². The van der Waals surface area contributed by atoms with Gasteiger partial charge in [0.15, 0.2) is 0 Å². The molecule has 1 N–H and O–H groups in total. The first-order valence-corrected chi connectivity index (χ1v) is 9.71. The quantitative estimate of drug-likeness (QED) is 0.562. The number of hydrogen-bond donors (Lipinski definition) is 1. The molecule has 0 bridgehead atoms. The van der Waals surface area contributed by atoms with Crippen LogP contribution in [0, 0.1) is 10.8 Å². The molecule has 1 amide bonds. The van der Waals surface area contributed by atoms with Gasteiger partial charge in [0.2, 0.25) is 5.91 Å². The number of amides is 1. The topological polar surface area (TPSA) is 47.6 Å². The second-order valence-corrected chi connectivity index (χ2v) is 10.1. The fourth-order valence-electron chi connectivity index (χ4n) is 2.69. The number of hydrogen-bond acceptors (Lipinski definition) is 3. The van der Waals surface area contributed by atoms with E-state index in [1.54, 1.807) is 0 Å². The van der Waals surface area contributed by atoms with Crippen molar-refractivity contribution < 1.29 is 14.3 Å². The van der Waals surface area contributed by atoms with Crippen molar-refractivity contribution in [2.24, 2.45) is 10.8 Å². The van der Waals surface area contributed by atoms with Crippen molar-refractivity contribution in [3.63, 3.8) is 0 Å². The lowest BCUT2D eigenvalue weighted by molar-refractivity contribution is -0.139. The SMILES string of the molecule is CCC(C)(CC(C)(CC)C(=O)NC(C)(C)C)OCCOCC(C)(C)C. The van der Waals surface area contributed by atoms with Crippen LogP contribution in [0.3, 0.4) is 0 Å². The summed E-state index contributed by atoms with van der Waals surface area (Å²) in [6.07, 6.45) is 2.35. The minimum Gasteiger partial charge on any atom is -0.379 e. The van der Waals surface area contributed by atoms with E-state index >= 15 is 0 Å². The van der Waals surface area contributed by atoms with Gasteiger partial charge in [-0.1, -0.05) is 41.5 Å². The molecule has 2 atom stereocenters. The van der Waals surface area contributed by atoms with E-state index in [9.17, 15) is 4.79 Å². The lowest BCUT2D eigenvalue weighted by Crippen LogP contribution is -2.50. The largest absolute Gasteiger partial charge is 0.379 e. The summed E-state index contributed by atoms with van der Waals surface area (Å²) in [5.74, 6) is 0.106. The van der Waals surface area contributed by atoms with Crippen LogP contribution in [0.4, 0.5) is 0 Å². The average molecular weight is 358 g/mol. The monoisotopic (exact) mass is 357 g/mol. The molecular weight excluding hydrogens is 314 g/mol. The number of carbonyl (C=O) groups excluding carboxylic acids is 1. The van der Waals surface area contributed by atoms with Gasteiger partial charge < -0.3 is 14.8 Å². The first-order chi connectivity index (χ1) is 11.2. The standard InChI is InChI=1S/C21H43NO3/c1-11-20(9,17(23)22-19(6,7)8)15-21(10,12-2)25-14-13-24-16-18(3,4)5/h11-16H2,1-10H3,(H,22,23). The normalized spacial score (nSPS) is 17.7. The lowest BCUT2D eigenvalue weighted by atomic mass is 9.75. The highest BCUT2D eigenvalue weighted by molar-refractivity contribution is 5.82. The summed E-state index contributed by atoms with van der Waals surface area (Å²) in [5.41, 5.74) is -0.826. The van der Waals surface area contributed by atoms with E-state index in [-0.39, 0.29) is 22.5 Å². The van der Waals surface area contributed by atoms with Crippen LogP contribution in [0.15, 0.2) is 0 Å². The average Bonchev–Trinajstić information content (AvgIpc) is 2.43. The molecule has 0 radical (unpaired) electrons. The van der Waals surface area contributed by atoms with Gasteiger partial charge in [0, 0.05) is 11.0 Å². The fraction of sp³-hybridized carbons (Fsp3) is 0.952. The Morgan fingerprint density at radius 1 is 0.880 bits per heavy atom. The smallest absolute Gasteiger partial charge is 0.226 e. The zero-order valence-electron chi connectivity index (χ0n) is 18.5. The van der Waals surface area contributed by atoms with Crippen LogP contribution in [-0.4, -0.2) is 36.9 Å². The lowest BCUT2D eigenvalue weighted by Gasteiger charge is -2.39. The van der Waals surface area contributed by atoms with E-state index in [4.69, 9.17) is 9.47 Å². The van der Waals surface area contributed by atoms with Crippen molar-refractivity contribution in [2.45, 2.75) is 99.6 Å². The van der Waals surface area contributed by atoms with Crippen LogP contribution < -0.4 is 5.32 Å². The van der Waals surface area contributed by atoms with Gasteiger partial charge in [-0.05, 0) is 52.4 Å². The van der Waals surface area contributed by atoms with Crippen LogP contribution in [0.5, 0.6) is 0 Å². The minimum atomic E-state index is -0.440. The maximum Gasteiger partial charge on any atom is 0.226 e. The maximum absolute atomic E-state index is 12.8. The van der Waals surface area contributed by atoms with Gasteiger partial charge in [0.05, 0.1) is 25.4 Å². The van der Waals surface area contributed by atoms with E-state index in [1.807, 2.05) is 27.7 Å². The Morgan fingerprint density at radius 3 is 1.84 bits per heavy atom. The summed E-state index contributed by atoms with van der Waals surface area (Å²) in [6, 6.07) is 0. The molecule has 0 rings (SSSR count). The summed E-state index contributed by atoms with van der Waals surface area (Å²) in [5, 5.41) is 3.13. The van der Waals surface area contributed by atoms with E-state index in [0.717, 1.165) is 19.4 Å². The van der Waals surface area contributed by atoms with Crippen molar-refractivity contribution in [1.82, 2.24) is 5.32 Å². The molecule has 0 heterocycles. The zero-order chi connectivity index (χ0) is 19.9. The molecule has 0 aliphatic heterocycles. The fourth-order valence-corrected chi connectivity index (χ4v) is 2.69. The van der Waals surface area contributed by atoms with Crippen LogP contribution >= 0.6 is 0 Å². The van der Waals surface area contributed by atoms with E-state index < -0.39 is 5.41 Å². The summed E-state index contributed by atoms with van der Waals surface area (Å²) in [6.45, 7) is 22.7. The third-order valence-corrected chi connectivity index (χ3v) is 4.54. The van der Waals surface area contributed by atoms with Crippen LogP contribution in [0.1, 0.15) is 88.5 Å². The van der Waals surface area contributed by atoms with Gasteiger partial charge in [-0.25, -0.2) is 0 Å². The Kier molecular flexibility index (Phi) is 9.13. The summed E-state index contributed by atoms with van der Waals surface area (Å²) < 4.78 is 11.9. The first kappa shape index (κ1) is 24.4. The molecule has 0 aliphatic carbocycles. The number of ether oxygens (including phenoxy) is 2. The van der Waals surface area contributed by atoms with Gasteiger partial charge in [-0.2, -0.15) is 0 Å². The molecule has 0 saturated heterocycles. The Morgan fingerprint density at radius 2 is 1.44 bits per heavy atom. The first-order valence-electron chi connectivity index (χ1n) is 9.71. The van der Waals surface area contributed by atoms with Gasteiger partial charge in [-0.3, -0.25) is 4.79 Å². The molecule has 0 spiro atoms. The molecule has 25 heavy (non-hydrogen) atoms. The molecule has 0 aromatic carbocycles. The molecule has 150 valence electrons. The second-order valence-electron chi connectivity index (χ2n) is 10.1. The molecule has 0 fully saturated rings. The van der Waals surface area contributed by atoms with Crippen molar-refractivity contribution in [3.05, 3.63) is 0 Å². The van der Waals surface area contributed by atoms with E-state index in [0.29, 0.717) is 19.6 Å². The molecule has 0 aromatic rings. The Balaban J connectivity index is 4.74. The third kappa shape index (κ3) is 10.2. The summed E-state index contributed by atoms with van der Waals surface area (Å²) in [7, 11) is 0. The molecule has 4 nitrogen and oxygen atoms in total. The van der Waals surface area contributed by atoms with Crippen molar-refractivity contribution in [1.29, 1.82) is 0 Å². The van der Waals surface area contributed by atoms with Gasteiger partial charge >= 0.3 is 0 Å². The molecular formula is C21H43NO3. The number of rotatable bonds is 10. The highest BCUT2D eigenvalue weighted by Gasteiger charge is 2.40. The highest BCUT2D eigenvalue weighted by Crippen LogP contribution is 2.36. The van der Waals surface area contributed by atoms with Crippen LogP contribution in [0.25, 0.3) is 0 Å². The van der Waals surface area contributed by atoms with Gasteiger partial charge in [0.25, 0.3) is 0 Å². The Hall–Kier alpha value is -0.610. The molecule has 2 unspecified atom stereocenters. The van der Waals surface area contributed by atoms with Gasteiger partial charge in [-0.15, -0.1) is 0 Å². The minimum absolute atomic E-state index is 0.106. The second kappa shape index (κ2) is 9.36. The van der Waals surface area contributed by atoms with E-state index in [2.05, 4.69) is 46.9 Å². The van der Waals surface area contributed by atoms with Crippen molar-refractivity contribution in [3.8, 4) is 0 Å². The van der Waals surface area contributed by atoms with Crippen LogP contribution in [0.2, 0.25) is 0 Å². The number of nitrogens with one attached hydrogen (secondary N) is 1. The van der Waals surface area contributed by atoms with Gasteiger partial charge in [0.1, 0.15) is 0 Å². The predicted octanol–water partition coefficient (Wildman–Crippen LogP) is 4.96. The van der Waals surface area contributed by atoms with Crippen LogP contribution in [-0.2, 0) is 14.3 Å². The molecule has 0 saturated carbocycles. The Bertz CT molecular complexity index is 408. The molecule has 0 aliphatic rings. The summed E-state index contributed by atoms with van der Waals surface area (Å²) in [4.78, 5) is 12.8. The molecule has 4 heteroatoms. The van der Waals surface area contributed by atoms with Crippen molar-refractivity contribution >= 4 is 5.91 Å². The number of carbonyl (C=O) groups is 1. The predicted molar refractivity (Wildman–Crippen MR) is 106 cm³/mol. The highest BCUT2D eigenvalue weighted by atomic mass is 16.5. The maximum atomic E-state index is 12.8. The summed E-state index contributed by atoms with van der Waals surface area (Å²) >= 11 is 0. The third-order valence-electron chi connectivity index (χ3n) is 4.54. The Labute approximate surface area is 156 Å².